The Morgan fingerprint density at radius 3 is 2.92 bits per heavy atom. The van der Waals surface area contributed by atoms with Gasteiger partial charge in [-0.1, -0.05) is 13.8 Å². The maximum atomic E-state index is 12.6. The first-order valence-corrected chi connectivity index (χ1v) is 10.0. The largest absolute Gasteiger partial charge is 0.374 e. The van der Waals surface area contributed by atoms with Crippen molar-refractivity contribution < 1.29 is 17.9 Å². The fourth-order valence-corrected chi connectivity index (χ4v) is 4.92. The second kappa shape index (κ2) is 7.27. The highest BCUT2D eigenvalue weighted by molar-refractivity contribution is 7.89. The number of aromatic nitrogens is 1. The van der Waals surface area contributed by atoms with E-state index in [0.29, 0.717) is 25.3 Å². The van der Waals surface area contributed by atoms with E-state index in [2.05, 4.69) is 10.3 Å². The van der Waals surface area contributed by atoms with Crippen LogP contribution in [0.5, 0.6) is 0 Å². The fraction of sp³-hybridized carbons (Fsp3) is 0.625. The van der Waals surface area contributed by atoms with Gasteiger partial charge in [-0.15, -0.1) is 0 Å². The molecule has 3 heterocycles. The van der Waals surface area contributed by atoms with Crippen LogP contribution in [0, 0.1) is 5.92 Å². The third-order valence-electron chi connectivity index (χ3n) is 4.38. The highest BCUT2D eigenvalue weighted by Crippen LogP contribution is 2.26. The minimum Gasteiger partial charge on any atom is -0.374 e. The van der Waals surface area contributed by atoms with Crippen LogP contribution in [-0.4, -0.2) is 72.8 Å². The van der Waals surface area contributed by atoms with Crippen molar-refractivity contribution >= 4 is 21.7 Å². The van der Waals surface area contributed by atoms with Crippen molar-refractivity contribution in [1.82, 2.24) is 14.2 Å². The van der Waals surface area contributed by atoms with E-state index in [9.17, 15) is 13.2 Å². The summed E-state index contributed by atoms with van der Waals surface area (Å²) < 4.78 is 32.4. The molecule has 0 aromatic carbocycles. The standard InChI is InChI=1S/C16H24N4O4S/c1-12(2)9-20-14-10-19(11-15(14)24-6-7-25(20,22)23)16(21)18-13-4-3-5-17-8-13/h3-5,8,12,14-15H,6-7,9-11H2,1-2H3,(H,18,21)/t14-,15+/m1/s1. The molecule has 1 aromatic rings. The summed E-state index contributed by atoms with van der Waals surface area (Å²) in [5.74, 6) is 0.195. The lowest BCUT2D eigenvalue weighted by molar-refractivity contribution is 0.0468. The third kappa shape index (κ3) is 4.10. The van der Waals surface area contributed by atoms with Crippen LogP contribution in [0.4, 0.5) is 10.5 Å². The molecule has 0 unspecified atom stereocenters. The van der Waals surface area contributed by atoms with E-state index in [1.54, 1.807) is 29.4 Å². The number of fused-ring (bicyclic) bond motifs is 1. The van der Waals surface area contributed by atoms with Crippen LogP contribution < -0.4 is 5.32 Å². The van der Waals surface area contributed by atoms with Crippen LogP contribution in [0.25, 0.3) is 0 Å². The van der Waals surface area contributed by atoms with E-state index >= 15 is 0 Å². The van der Waals surface area contributed by atoms with Crippen LogP contribution >= 0.6 is 0 Å². The number of anilines is 1. The average molecular weight is 368 g/mol. The molecule has 1 aromatic heterocycles. The summed E-state index contributed by atoms with van der Waals surface area (Å²) in [5, 5.41) is 2.79. The highest BCUT2D eigenvalue weighted by Gasteiger charge is 2.45. The molecular formula is C16H24N4O4S. The summed E-state index contributed by atoms with van der Waals surface area (Å²) in [7, 11) is -3.38. The molecule has 138 valence electrons. The summed E-state index contributed by atoms with van der Waals surface area (Å²) >= 11 is 0. The average Bonchev–Trinajstić information content (AvgIpc) is 2.92. The quantitative estimate of drug-likeness (QED) is 0.859. The molecule has 0 bridgehead atoms. The maximum Gasteiger partial charge on any atom is 0.322 e. The van der Waals surface area contributed by atoms with E-state index < -0.39 is 10.0 Å². The van der Waals surface area contributed by atoms with Gasteiger partial charge in [0.15, 0.2) is 0 Å². The Balaban J connectivity index is 1.74. The van der Waals surface area contributed by atoms with Gasteiger partial charge in [0.1, 0.15) is 0 Å². The van der Waals surface area contributed by atoms with Crippen LogP contribution in [0.15, 0.2) is 24.5 Å². The van der Waals surface area contributed by atoms with Gasteiger partial charge in [0.25, 0.3) is 0 Å². The molecule has 0 aliphatic carbocycles. The molecule has 2 amide bonds. The Kier molecular flexibility index (Phi) is 5.26. The van der Waals surface area contributed by atoms with Gasteiger partial charge in [-0.2, -0.15) is 4.31 Å². The van der Waals surface area contributed by atoms with Gasteiger partial charge in [0.2, 0.25) is 10.0 Å². The number of rotatable bonds is 3. The molecule has 0 radical (unpaired) electrons. The van der Waals surface area contributed by atoms with E-state index in [4.69, 9.17) is 4.74 Å². The van der Waals surface area contributed by atoms with Crippen molar-refractivity contribution in [3.63, 3.8) is 0 Å². The van der Waals surface area contributed by atoms with Crippen molar-refractivity contribution in [3.05, 3.63) is 24.5 Å². The van der Waals surface area contributed by atoms with Crippen molar-refractivity contribution in [2.75, 3.05) is 37.3 Å². The minimum atomic E-state index is -3.38. The van der Waals surface area contributed by atoms with Crippen molar-refractivity contribution in [2.45, 2.75) is 26.0 Å². The molecule has 1 N–H and O–H groups in total. The second-order valence-electron chi connectivity index (χ2n) is 6.83. The van der Waals surface area contributed by atoms with Gasteiger partial charge in [-0.05, 0) is 18.1 Å². The molecule has 2 aliphatic heterocycles. The monoisotopic (exact) mass is 368 g/mol. The van der Waals surface area contributed by atoms with E-state index in [0.717, 1.165) is 0 Å². The van der Waals surface area contributed by atoms with Crippen molar-refractivity contribution in [3.8, 4) is 0 Å². The molecule has 2 aliphatic rings. The number of hydrogen-bond acceptors (Lipinski definition) is 5. The number of carbonyl (C=O) groups excluding carboxylic acids is 1. The number of nitrogens with zero attached hydrogens (tertiary/aromatic N) is 3. The Hall–Kier alpha value is -1.71. The number of urea groups is 1. The molecule has 25 heavy (non-hydrogen) atoms. The number of sulfonamides is 1. The topological polar surface area (TPSA) is 91.8 Å². The predicted molar refractivity (Wildman–Crippen MR) is 93.7 cm³/mol. The Morgan fingerprint density at radius 1 is 1.44 bits per heavy atom. The minimum absolute atomic E-state index is 0.00536. The lowest BCUT2D eigenvalue weighted by Gasteiger charge is -2.29. The van der Waals surface area contributed by atoms with Gasteiger partial charge in [-0.25, -0.2) is 13.2 Å². The molecular weight excluding hydrogens is 344 g/mol. The number of likely N-dealkylation sites (tertiary alicyclic amines) is 1. The molecule has 0 saturated carbocycles. The predicted octanol–water partition coefficient (Wildman–Crippen LogP) is 0.984. The number of ether oxygens (including phenoxy) is 1. The van der Waals surface area contributed by atoms with Crippen molar-refractivity contribution in [1.29, 1.82) is 0 Å². The van der Waals surface area contributed by atoms with E-state index in [1.807, 2.05) is 13.8 Å². The maximum absolute atomic E-state index is 12.6. The zero-order chi connectivity index (χ0) is 18.0. The summed E-state index contributed by atoms with van der Waals surface area (Å²) in [5.41, 5.74) is 0.604. The van der Waals surface area contributed by atoms with Gasteiger partial charge >= 0.3 is 6.03 Å². The zero-order valence-electron chi connectivity index (χ0n) is 14.5. The highest BCUT2D eigenvalue weighted by atomic mass is 32.2. The van der Waals surface area contributed by atoms with Gasteiger partial charge in [-0.3, -0.25) is 4.98 Å². The first-order valence-electron chi connectivity index (χ1n) is 8.44. The Bertz CT molecular complexity index is 710. The lowest BCUT2D eigenvalue weighted by atomic mass is 10.1. The molecule has 8 nitrogen and oxygen atoms in total. The number of pyridine rings is 1. The number of amides is 2. The van der Waals surface area contributed by atoms with Crippen LogP contribution in [0.3, 0.4) is 0 Å². The number of nitrogens with one attached hydrogen (secondary N) is 1. The third-order valence-corrected chi connectivity index (χ3v) is 6.20. The zero-order valence-corrected chi connectivity index (χ0v) is 15.3. The number of carbonyl (C=O) groups is 1. The number of hydrogen-bond donors (Lipinski definition) is 1. The summed E-state index contributed by atoms with van der Waals surface area (Å²) in [6, 6.07) is 2.88. The normalized spacial score (nSPS) is 26.3. The Labute approximate surface area is 148 Å². The summed E-state index contributed by atoms with van der Waals surface area (Å²) in [6.45, 7) is 5.26. The second-order valence-corrected chi connectivity index (χ2v) is 8.87. The lowest BCUT2D eigenvalue weighted by Crippen LogP contribution is -2.47. The molecule has 2 atom stereocenters. The molecule has 9 heteroatoms. The summed E-state index contributed by atoms with van der Waals surface area (Å²) in [6.07, 6.45) is 2.90. The van der Waals surface area contributed by atoms with Gasteiger partial charge in [0.05, 0.1) is 42.9 Å². The molecule has 2 saturated heterocycles. The SMILES string of the molecule is CC(C)CN1[C@@H]2CN(C(=O)Nc3cccnc3)C[C@@H]2OCCS1(=O)=O. The summed E-state index contributed by atoms with van der Waals surface area (Å²) in [4.78, 5) is 18.1. The first-order chi connectivity index (χ1) is 11.9. The van der Waals surface area contributed by atoms with Gasteiger partial charge < -0.3 is 15.0 Å². The van der Waals surface area contributed by atoms with E-state index in [-0.39, 0.29) is 36.5 Å². The first kappa shape index (κ1) is 18.1. The molecule has 0 spiro atoms. The van der Waals surface area contributed by atoms with E-state index in [1.165, 1.54) is 4.31 Å². The van der Waals surface area contributed by atoms with Crippen LogP contribution in [0.1, 0.15) is 13.8 Å². The van der Waals surface area contributed by atoms with Crippen molar-refractivity contribution in [2.24, 2.45) is 5.92 Å². The molecule has 3 rings (SSSR count). The van der Waals surface area contributed by atoms with Gasteiger partial charge in [0, 0.05) is 19.3 Å². The molecule has 2 fully saturated rings. The fourth-order valence-electron chi connectivity index (χ4n) is 3.24. The Morgan fingerprint density at radius 2 is 2.24 bits per heavy atom. The van der Waals surface area contributed by atoms with Crippen LogP contribution in [-0.2, 0) is 14.8 Å². The smallest absolute Gasteiger partial charge is 0.322 e. The van der Waals surface area contributed by atoms with Crippen LogP contribution in [0.2, 0.25) is 0 Å².